The summed E-state index contributed by atoms with van der Waals surface area (Å²) in [6.07, 6.45) is 0. The van der Waals surface area contributed by atoms with E-state index in [0.29, 0.717) is 0 Å². The SMILES string of the molecule is O.O.O.O.O.[H-].[Na+].[SiH4]. The maximum Gasteiger partial charge on any atom is 1.00 e. The van der Waals surface area contributed by atoms with Gasteiger partial charge in [0.25, 0.3) is 0 Å². The van der Waals surface area contributed by atoms with Gasteiger partial charge in [0.15, 0.2) is 0 Å². The van der Waals surface area contributed by atoms with Crippen molar-refractivity contribution in [3.05, 3.63) is 0 Å². The fourth-order valence-corrected chi connectivity index (χ4v) is 0. The van der Waals surface area contributed by atoms with Gasteiger partial charge in [-0.2, -0.15) is 0 Å². The first-order valence-corrected chi connectivity index (χ1v) is 0. The van der Waals surface area contributed by atoms with E-state index in [9.17, 15) is 0 Å². The molecule has 0 saturated carbocycles. The smallest absolute Gasteiger partial charge is 1.00 e. The molecule has 0 unspecified atom stereocenters. The maximum atomic E-state index is 0. The van der Waals surface area contributed by atoms with Crippen LogP contribution in [0.2, 0.25) is 0 Å². The minimum Gasteiger partial charge on any atom is -1.00 e. The quantitative estimate of drug-likeness (QED) is 0.297. The van der Waals surface area contributed by atoms with Crippen LogP contribution in [0.4, 0.5) is 0 Å². The van der Waals surface area contributed by atoms with Gasteiger partial charge in [0.1, 0.15) is 0 Å². The van der Waals surface area contributed by atoms with Gasteiger partial charge in [0.2, 0.25) is 0 Å². The zero-order chi connectivity index (χ0) is 0. The van der Waals surface area contributed by atoms with E-state index in [-0.39, 0.29) is 69.3 Å². The number of rotatable bonds is 0. The molecule has 0 bridgehead atoms. The molecule has 0 aliphatic carbocycles. The summed E-state index contributed by atoms with van der Waals surface area (Å²) in [6.45, 7) is 0. The Balaban J connectivity index is 0. The van der Waals surface area contributed by atoms with Crippen molar-refractivity contribution in [2.24, 2.45) is 0 Å². The Kier molecular flexibility index (Phi) is 13400. The molecule has 0 heterocycles. The first-order valence-electron chi connectivity index (χ1n) is 0. The predicted molar refractivity (Wildman–Crippen MR) is 30.5 cm³/mol. The summed E-state index contributed by atoms with van der Waals surface area (Å²) >= 11 is 0. The largest absolute Gasteiger partial charge is 1.00 e. The van der Waals surface area contributed by atoms with Crippen molar-refractivity contribution in [3.63, 3.8) is 0 Å². The van der Waals surface area contributed by atoms with E-state index in [4.69, 9.17) is 0 Å². The Bertz CT molecular complexity index is 12.4. The van der Waals surface area contributed by atoms with Crippen LogP contribution in [-0.4, -0.2) is 38.3 Å². The summed E-state index contributed by atoms with van der Waals surface area (Å²) in [5, 5.41) is 0. The average Bonchev–Trinajstić information content (AvgIpc) is 0. The third-order valence-corrected chi connectivity index (χ3v) is 0. The summed E-state index contributed by atoms with van der Waals surface area (Å²) in [6, 6.07) is 0. The van der Waals surface area contributed by atoms with Gasteiger partial charge >= 0.3 is 29.6 Å². The molecular formula is H15NaO5Si. The molecule has 0 atom stereocenters. The molecule has 7 heteroatoms. The number of hydrogen-bond donors (Lipinski definition) is 0. The second kappa shape index (κ2) is 246. The second-order valence-corrected chi connectivity index (χ2v) is 0. The molecule has 0 aromatic rings. The molecule has 0 aromatic carbocycles. The van der Waals surface area contributed by atoms with Crippen LogP contribution in [-0.2, 0) is 0 Å². The Morgan fingerprint density at radius 1 is 0.571 bits per heavy atom. The topological polar surface area (TPSA) is 158 Å². The van der Waals surface area contributed by atoms with E-state index in [1.807, 2.05) is 0 Å². The fourth-order valence-electron chi connectivity index (χ4n) is 0. The summed E-state index contributed by atoms with van der Waals surface area (Å²) in [5.74, 6) is 0. The van der Waals surface area contributed by atoms with Crippen LogP contribution in [0.5, 0.6) is 0 Å². The molecule has 0 radical (unpaired) electrons. The molecule has 0 aliphatic heterocycles. The molecule has 0 spiro atoms. The molecule has 10 N–H and O–H groups in total. The van der Waals surface area contributed by atoms with Crippen molar-refractivity contribution in [1.29, 1.82) is 0 Å². The summed E-state index contributed by atoms with van der Waals surface area (Å²) < 4.78 is 0. The van der Waals surface area contributed by atoms with Crippen molar-refractivity contribution in [2.45, 2.75) is 0 Å². The Morgan fingerprint density at radius 2 is 0.571 bits per heavy atom. The van der Waals surface area contributed by atoms with Crippen molar-refractivity contribution in [2.75, 3.05) is 0 Å². The van der Waals surface area contributed by atoms with Crippen molar-refractivity contribution >= 4 is 11.0 Å². The molecular weight excluding hydrogens is 131 g/mol. The standard InChI is InChI=1S/Na.5H2O.H4Si.H/h;5*1H2;1H4;/q+1;;;;;;;-1. The van der Waals surface area contributed by atoms with E-state index in [1.165, 1.54) is 0 Å². The molecule has 0 amide bonds. The fraction of sp³-hybridized carbons (Fsp3) is 0. The van der Waals surface area contributed by atoms with Gasteiger partial charge in [-0.3, -0.25) is 0 Å². The Labute approximate surface area is 69.4 Å². The van der Waals surface area contributed by atoms with Crippen LogP contribution < -0.4 is 29.6 Å². The molecule has 0 rings (SSSR count). The summed E-state index contributed by atoms with van der Waals surface area (Å²) in [4.78, 5) is 0. The molecule has 0 aromatic heterocycles. The van der Waals surface area contributed by atoms with E-state index >= 15 is 0 Å². The Hall–Kier alpha value is 1.02. The molecule has 50 valence electrons. The van der Waals surface area contributed by atoms with E-state index in [0.717, 1.165) is 0 Å². The van der Waals surface area contributed by atoms with Crippen LogP contribution in [0.25, 0.3) is 0 Å². The zero-order valence-electron chi connectivity index (χ0n) is 4.50. The monoisotopic (exact) mass is 146 g/mol. The molecule has 0 saturated heterocycles. The van der Waals surface area contributed by atoms with Gasteiger partial charge in [-0.1, -0.05) is 0 Å². The van der Waals surface area contributed by atoms with E-state index < -0.39 is 0 Å². The van der Waals surface area contributed by atoms with Gasteiger partial charge in [-0.15, -0.1) is 0 Å². The summed E-state index contributed by atoms with van der Waals surface area (Å²) in [5.41, 5.74) is 0. The summed E-state index contributed by atoms with van der Waals surface area (Å²) in [7, 11) is 0. The van der Waals surface area contributed by atoms with Crippen LogP contribution in [0, 0.1) is 0 Å². The average molecular weight is 146 g/mol. The Morgan fingerprint density at radius 3 is 0.571 bits per heavy atom. The third-order valence-electron chi connectivity index (χ3n) is 0. The van der Waals surface area contributed by atoms with Crippen molar-refractivity contribution in [1.82, 2.24) is 0 Å². The maximum absolute atomic E-state index is 0. The first kappa shape index (κ1) is 382. The van der Waals surface area contributed by atoms with Crippen LogP contribution in [0.3, 0.4) is 0 Å². The minimum atomic E-state index is 0. The van der Waals surface area contributed by atoms with Gasteiger partial charge in [-0.05, 0) is 11.0 Å². The van der Waals surface area contributed by atoms with Gasteiger partial charge in [0.05, 0.1) is 0 Å². The van der Waals surface area contributed by atoms with Crippen LogP contribution in [0.15, 0.2) is 0 Å². The van der Waals surface area contributed by atoms with Gasteiger partial charge in [-0.25, -0.2) is 0 Å². The molecule has 0 aliphatic rings. The molecule has 5 nitrogen and oxygen atoms in total. The second-order valence-electron chi connectivity index (χ2n) is 0. The van der Waals surface area contributed by atoms with Gasteiger partial charge < -0.3 is 28.8 Å². The zero-order valence-corrected chi connectivity index (χ0v) is 5.50. The minimum absolute atomic E-state index is 0. The third kappa shape index (κ3) is 171. The number of hydrogen-bond acceptors (Lipinski definition) is 0. The van der Waals surface area contributed by atoms with E-state index in [2.05, 4.69) is 0 Å². The normalized spacial score (nSPS) is 0. The predicted octanol–water partition coefficient (Wildman–Crippen LogP) is -8.46. The van der Waals surface area contributed by atoms with Crippen molar-refractivity contribution < 1.29 is 58.4 Å². The van der Waals surface area contributed by atoms with Crippen molar-refractivity contribution in [3.8, 4) is 0 Å². The van der Waals surface area contributed by atoms with Crippen LogP contribution >= 0.6 is 0 Å². The molecule has 7 heavy (non-hydrogen) atoms. The first-order chi connectivity index (χ1) is 0. The van der Waals surface area contributed by atoms with E-state index in [1.54, 1.807) is 0 Å². The van der Waals surface area contributed by atoms with Crippen LogP contribution in [0.1, 0.15) is 1.43 Å². The van der Waals surface area contributed by atoms with Gasteiger partial charge in [0, 0.05) is 0 Å². The molecule has 0 fully saturated rings.